The Bertz CT molecular complexity index is 456. The van der Waals surface area contributed by atoms with Gasteiger partial charge in [0, 0.05) is 6.54 Å². The molecule has 1 saturated heterocycles. The molecule has 1 heterocycles. The van der Waals surface area contributed by atoms with E-state index in [0.717, 1.165) is 12.0 Å². The fraction of sp³-hybridized carbons (Fsp3) is 0.647. The molecule has 0 radical (unpaired) electrons. The summed E-state index contributed by atoms with van der Waals surface area (Å²) in [5.41, 5.74) is 1.13. The normalized spacial score (nSPS) is 17.3. The predicted octanol–water partition coefficient (Wildman–Crippen LogP) is 6.09. The molecule has 1 atom stereocenters. The number of hydrogen-bond donors (Lipinski definition) is 0. The molecule has 2 rings (SSSR count). The van der Waals surface area contributed by atoms with Crippen LogP contribution in [0.3, 0.4) is 0 Å². The lowest BCUT2D eigenvalue weighted by molar-refractivity contribution is 0.264. The number of rotatable bonds is 7. The zero-order valence-electron chi connectivity index (χ0n) is 12.7. The number of nitrogens with zero attached hydrogens (tertiary/aromatic N) is 1. The molecule has 0 spiro atoms. The third-order valence-corrected chi connectivity index (χ3v) is 5.64. The lowest BCUT2D eigenvalue weighted by Crippen LogP contribution is -2.28. The lowest BCUT2D eigenvalue weighted by atomic mass is 9.93. The zero-order valence-corrected chi connectivity index (χ0v) is 14.9. The molecule has 0 N–H and O–H groups in total. The third kappa shape index (κ3) is 5.03. The zero-order chi connectivity index (χ0) is 15.2. The maximum atomic E-state index is 6.36. The van der Waals surface area contributed by atoms with Gasteiger partial charge in [-0.1, -0.05) is 60.6 Å². The van der Waals surface area contributed by atoms with Crippen molar-refractivity contribution in [3.63, 3.8) is 0 Å². The molecule has 0 bridgehead atoms. The summed E-state index contributed by atoms with van der Waals surface area (Å²) in [6, 6.07) is 3.89. The molecular weight excluding hydrogens is 325 g/mol. The van der Waals surface area contributed by atoms with Gasteiger partial charge >= 0.3 is 0 Å². The van der Waals surface area contributed by atoms with E-state index in [-0.39, 0.29) is 0 Å². The van der Waals surface area contributed by atoms with Gasteiger partial charge in [0.25, 0.3) is 0 Å². The smallest absolute Gasteiger partial charge is 0.0781 e. The van der Waals surface area contributed by atoms with Crippen molar-refractivity contribution in [3.05, 3.63) is 32.8 Å². The van der Waals surface area contributed by atoms with E-state index in [4.69, 9.17) is 34.8 Å². The van der Waals surface area contributed by atoms with Crippen LogP contribution in [0.1, 0.15) is 44.6 Å². The Morgan fingerprint density at radius 1 is 1.10 bits per heavy atom. The molecule has 1 fully saturated rings. The van der Waals surface area contributed by atoms with E-state index in [9.17, 15) is 0 Å². The summed E-state index contributed by atoms with van der Waals surface area (Å²) in [6.07, 6.45) is 7.45. The molecule has 1 aromatic carbocycles. The van der Waals surface area contributed by atoms with E-state index in [2.05, 4.69) is 11.8 Å². The summed E-state index contributed by atoms with van der Waals surface area (Å²) >= 11 is 18.5. The second-order valence-electron chi connectivity index (χ2n) is 6.05. The summed E-state index contributed by atoms with van der Waals surface area (Å²) < 4.78 is 0. The van der Waals surface area contributed by atoms with Gasteiger partial charge in [-0.15, -0.1) is 0 Å². The summed E-state index contributed by atoms with van der Waals surface area (Å²) in [4.78, 5) is 2.59. The van der Waals surface area contributed by atoms with Gasteiger partial charge in [-0.05, 0) is 56.3 Å². The van der Waals surface area contributed by atoms with Crippen molar-refractivity contribution in [2.75, 3.05) is 19.6 Å². The first-order chi connectivity index (χ1) is 10.1. The number of likely N-dealkylation sites (tertiary alicyclic amines) is 1. The fourth-order valence-electron chi connectivity index (χ4n) is 3.12. The van der Waals surface area contributed by atoms with Crippen molar-refractivity contribution in [2.24, 2.45) is 5.92 Å². The highest BCUT2D eigenvalue weighted by atomic mass is 35.5. The molecule has 1 aliphatic rings. The predicted molar refractivity (Wildman–Crippen MR) is 93.9 cm³/mol. The highest BCUT2D eigenvalue weighted by Crippen LogP contribution is 2.34. The summed E-state index contributed by atoms with van der Waals surface area (Å²) in [5, 5.41) is 1.66. The van der Waals surface area contributed by atoms with Crippen molar-refractivity contribution < 1.29 is 0 Å². The molecule has 1 unspecified atom stereocenters. The second kappa shape index (κ2) is 8.62. The first kappa shape index (κ1) is 17.4. The Balaban J connectivity index is 2.04. The summed E-state index contributed by atoms with van der Waals surface area (Å²) in [5.74, 6) is 0.651. The van der Waals surface area contributed by atoms with Crippen LogP contribution in [0.4, 0.5) is 0 Å². The van der Waals surface area contributed by atoms with Gasteiger partial charge in [-0.3, -0.25) is 0 Å². The van der Waals surface area contributed by atoms with Crippen LogP contribution in [0.25, 0.3) is 0 Å². The van der Waals surface area contributed by atoms with Crippen molar-refractivity contribution in [2.45, 2.75) is 45.4 Å². The van der Waals surface area contributed by atoms with Gasteiger partial charge in [0.15, 0.2) is 0 Å². The fourth-order valence-corrected chi connectivity index (χ4v) is 3.75. The molecule has 21 heavy (non-hydrogen) atoms. The Morgan fingerprint density at radius 3 is 2.48 bits per heavy atom. The van der Waals surface area contributed by atoms with Crippen LogP contribution < -0.4 is 0 Å². The van der Waals surface area contributed by atoms with Crippen LogP contribution >= 0.6 is 34.8 Å². The molecule has 0 saturated carbocycles. The van der Waals surface area contributed by atoms with E-state index in [0.29, 0.717) is 21.0 Å². The molecular formula is C17H24Cl3N. The van der Waals surface area contributed by atoms with E-state index >= 15 is 0 Å². The monoisotopic (exact) mass is 347 g/mol. The maximum absolute atomic E-state index is 6.36. The second-order valence-corrected chi connectivity index (χ2v) is 7.22. The first-order valence-corrected chi connectivity index (χ1v) is 9.10. The minimum Gasteiger partial charge on any atom is -0.303 e. The average molecular weight is 349 g/mol. The van der Waals surface area contributed by atoms with E-state index in [1.807, 2.05) is 12.1 Å². The molecule has 1 nitrogen and oxygen atoms in total. The van der Waals surface area contributed by atoms with Crippen molar-refractivity contribution in [1.29, 1.82) is 0 Å². The Morgan fingerprint density at radius 2 is 1.81 bits per heavy atom. The highest BCUT2D eigenvalue weighted by Gasteiger charge is 2.19. The van der Waals surface area contributed by atoms with Crippen molar-refractivity contribution in [3.8, 4) is 0 Å². The topological polar surface area (TPSA) is 3.24 Å². The number of unbranched alkanes of at least 4 members (excludes halogenated alkanes) is 1. The van der Waals surface area contributed by atoms with E-state index in [1.54, 1.807) is 0 Å². The lowest BCUT2D eigenvalue weighted by Gasteiger charge is -2.24. The largest absolute Gasteiger partial charge is 0.303 e. The standard InChI is InChI=1S/C17H24Cl3N/c1-2-3-6-13(12-21-9-4-5-10-21)11-14-7-8-15(18)17(20)16(14)19/h7-8,13H,2-6,9-12H2,1H3. The SMILES string of the molecule is CCCCC(Cc1ccc(Cl)c(Cl)c1Cl)CN1CCCC1. The Hall–Kier alpha value is 0.0500. The van der Waals surface area contributed by atoms with Crippen LogP contribution in [0.2, 0.25) is 15.1 Å². The Kier molecular flexibility index (Phi) is 7.15. The van der Waals surface area contributed by atoms with E-state index in [1.165, 1.54) is 51.7 Å². The number of hydrogen-bond acceptors (Lipinski definition) is 1. The first-order valence-electron chi connectivity index (χ1n) is 7.96. The quantitative estimate of drug-likeness (QED) is 0.539. The molecule has 118 valence electrons. The molecule has 1 aliphatic heterocycles. The Labute approximate surface area is 143 Å². The molecule has 1 aromatic rings. The highest BCUT2D eigenvalue weighted by molar-refractivity contribution is 6.48. The van der Waals surface area contributed by atoms with Crippen LogP contribution in [0.5, 0.6) is 0 Å². The van der Waals surface area contributed by atoms with Gasteiger partial charge in [0.2, 0.25) is 0 Å². The van der Waals surface area contributed by atoms with Gasteiger partial charge in [0.05, 0.1) is 15.1 Å². The average Bonchev–Trinajstić information content (AvgIpc) is 2.98. The minimum absolute atomic E-state index is 0.492. The third-order valence-electron chi connectivity index (χ3n) is 4.30. The van der Waals surface area contributed by atoms with Gasteiger partial charge in [0.1, 0.15) is 0 Å². The molecule has 0 aromatic heterocycles. The van der Waals surface area contributed by atoms with Crippen LogP contribution in [0.15, 0.2) is 12.1 Å². The van der Waals surface area contributed by atoms with Gasteiger partial charge < -0.3 is 4.90 Å². The van der Waals surface area contributed by atoms with Crippen molar-refractivity contribution >= 4 is 34.8 Å². The summed E-state index contributed by atoms with van der Waals surface area (Å²) in [6.45, 7) is 5.92. The number of halogens is 3. The van der Waals surface area contributed by atoms with Gasteiger partial charge in [-0.2, -0.15) is 0 Å². The minimum atomic E-state index is 0.492. The molecule has 0 aliphatic carbocycles. The summed E-state index contributed by atoms with van der Waals surface area (Å²) in [7, 11) is 0. The van der Waals surface area contributed by atoms with Crippen LogP contribution in [-0.2, 0) is 6.42 Å². The molecule has 0 amide bonds. The van der Waals surface area contributed by atoms with Crippen molar-refractivity contribution in [1.82, 2.24) is 4.90 Å². The van der Waals surface area contributed by atoms with Crippen LogP contribution in [-0.4, -0.2) is 24.5 Å². The number of benzene rings is 1. The molecule has 4 heteroatoms. The van der Waals surface area contributed by atoms with Gasteiger partial charge in [-0.25, -0.2) is 0 Å². The van der Waals surface area contributed by atoms with E-state index < -0.39 is 0 Å². The maximum Gasteiger partial charge on any atom is 0.0781 e. The van der Waals surface area contributed by atoms with Crippen LogP contribution in [0, 0.1) is 5.92 Å².